The molecule has 0 aromatic heterocycles. The second-order valence-corrected chi connectivity index (χ2v) is 5.54. The number of nitrogens with one attached hydrogen (secondary N) is 2. The Morgan fingerprint density at radius 2 is 2.18 bits per heavy atom. The Morgan fingerprint density at radius 3 is 2.82 bits per heavy atom. The Bertz CT molecular complexity index is 657. The number of halogens is 1. The zero-order valence-electron chi connectivity index (χ0n) is 11.8. The number of anilines is 1. The number of rotatable bonds is 4. The van der Waals surface area contributed by atoms with E-state index in [9.17, 15) is 14.4 Å². The molecule has 0 aliphatic carbocycles. The van der Waals surface area contributed by atoms with Gasteiger partial charge in [-0.2, -0.15) is 5.10 Å². The Kier molecular flexibility index (Phi) is 5.26. The van der Waals surface area contributed by atoms with E-state index in [2.05, 4.69) is 31.8 Å². The van der Waals surface area contributed by atoms with Crippen LogP contribution in [0.5, 0.6) is 0 Å². The number of benzene rings is 1. The van der Waals surface area contributed by atoms with Crippen LogP contribution < -0.4 is 10.7 Å². The van der Waals surface area contributed by atoms with Gasteiger partial charge >= 0.3 is 5.97 Å². The topological polar surface area (TPSA) is 96.9 Å². The van der Waals surface area contributed by atoms with Gasteiger partial charge in [0.05, 0.1) is 0 Å². The molecule has 0 atom stereocenters. The second-order valence-electron chi connectivity index (χ2n) is 4.68. The fourth-order valence-electron chi connectivity index (χ4n) is 1.76. The third-order valence-corrected chi connectivity index (χ3v) is 3.81. The van der Waals surface area contributed by atoms with Crippen molar-refractivity contribution in [2.24, 2.45) is 5.10 Å². The van der Waals surface area contributed by atoms with Gasteiger partial charge < -0.3 is 10.1 Å². The Hall–Kier alpha value is -2.22. The summed E-state index contributed by atoms with van der Waals surface area (Å²) in [5, 5.41) is 6.23. The highest BCUT2D eigenvalue weighted by molar-refractivity contribution is 9.10. The van der Waals surface area contributed by atoms with Crippen LogP contribution in [0.4, 0.5) is 5.69 Å². The summed E-state index contributed by atoms with van der Waals surface area (Å²) in [5.74, 6) is -1.41. The lowest BCUT2D eigenvalue weighted by molar-refractivity contribution is -0.140. The number of hydrogen-bond acceptors (Lipinski definition) is 5. The van der Waals surface area contributed by atoms with E-state index in [1.807, 2.05) is 13.0 Å². The molecule has 116 valence electrons. The highest BCUT2D eigenvalue weighted by Crippen LogP contribution is 2.19. The molecule has 0 bridgehead atoms. The fraction of sp³-hybridized carbons (Fsp3) is 0.286. The molecule has 1 heterocycles. The van der Waals surface area contributed by atoms with Gasteiger partial charge in [-0.05, 0) is 30.7 Å². The van der Waals surface area contributed by atoms with Crippen LogP contribution in [0.1, 0.15) is 18.4 Å². The number of nitrogens with zero attached hydrogens (tertiary/aromatic N) is 1. The van der Waals surface area contributed by atoms with Crippen molar-refractivity contribution in [1.29, 1.82) is 0 Å². The minimum Gasteiger partial charge on any atom is -0.451 e. The van der Waals surface area contributed by atoms with Crippen molar-refractivity contribution in [1.82, 2.24) is 5.43 Å². The van der Waals surface area contributed by atoms with E-state index >= 15 is 0 Å². The van der Waals surface area contributed by atoms with E-state index in [4.69, 9.17) is 4.74 Å². The molecule has 8 heteroatoms. The number of carbonyl (C=O) groups is 3. The first-order chi connectivity index (χ1) is 10.5. The maximum atomic E-state index is 11.7. The number of carbonyl (C=O) groups excluding carboxylic acids is 3. The second kappa shape index (κ2) is 7.17. The molecule has 7 nitrogen and oxygen atoms in total. The Morgan fingerprint density at radius 1 is 1.41 bits per heavy atom. The van der Waals surface area contributed by atoms with Crippen LogP contribution in [0.25, 0.3) is 0 Å². The van der Waals surface area contributed by atoms with Gasteiger partial charge in [0, 0.05) is 23.0 Å². The van der Waals surface area contributed by atoms with Gasteiger partial charge in [0.25, 0.3) is 5.91 Å². The highest BCUT2D eigenvalue weighted by Gasteiger charge is 2.20. The summed E-state index contributed by atoms with van der Waals surface area (Å²) in [4.78, 5) is 34.3. The summed E-state index contributed by atoms with van der Waals surface area (Å²) in [6.45, 7) is 1.48. The van der Waals surface area contributed by atoms with Crippen LogP contribution >= 0.6 is 15.9 Å². The van der Waals surface area contributed by atoms with Crippen molar-refractivity contribution in [3.63, 3.8) is 0 Å². The van der Waals surface area contributed by atoms with Crippen molar-refractivity contribution in [2.75, 3.05) is 11.9 Å². The van der Waals surface area contributed by atoms with Gasteiger partial charge in [-0.15, -0.1) is 0 Å². The maximum Gasteiger partial charge on any atom is 0.355 e. The van der Waals surface area contributed by atoms with Gasteiger partial charge in [-0.3, -0.25) is 9.59 Å². The van der Waals surface area contributed by atoms with Gasteiger partial charge in [0.2, 0.25) is 5.91 Å². The summed E-state index contributed by atoms with van der Waals surface area (Å²) >= 11 is 3.37. The molecule has 2 N–H and O–H groups in total. The molecule has 2 rings (SSSR count). The van der Waals surface area contributed by atoms with Gasteiger partial charge in [0.1, 0.15) is 5.71 Å². The number of aryl methyl sites for hydroxylation is 1. The van der Waals surface area contributed by atoms with E-state index < -0.39 is 18.5 Å². The average Bonchev–Trinajstić information content (AvgIpc) is 2.49. The van der Waals surface area contributed by atoms with Crippen LogP contribution in [0, 0.1) is 6.92 Å². The van der Waals surface area contributed by atoms with E-state index in [0.29, 0.717) is 5.69 Å². The quantitative estimate of drug-likeness (QED) is 0.788. The normalized spacial score (nSPS) is 13.9. The van der Waals surface area contributed by atoms with Crippen molar-refractivity contribution < 1.29 is 19.1 Å². The van der Waals surface area contributed by atoms with Crippen molar-refractivity contribution >= 4 is 45.1 Å². The molecule has 0 fully saturated rings. The SMILES string of the molecule is Cc1cc(NC(=O)COC(=O)C2=NNC(=O)CC2)ccc1Br. The average molecular weight is 368 g/mol. The lowest BCUT2D eigenvalue weighted by atomic mass is 10.2. The van der Waals surface area contributed by atoms with E-state index in [1.54, 1.807) is 12.1 Å². The molecule has 0 unspecified atom stereocenters. The standard InChI is InChI=1S/C14H14BrN3O4/c1-8-6-9(2-3-10(8)15)16-13(20)7-22-14(21)11-4-5-12(19)18-17-11/h2-3,6H,4-5,7H2,1H3,(H,16,20)(H,18,19). The predicted molar refractivity (Wildman–Crippen MR) is 83.3 cm³/mol. The minimum atomic E-state index is -0.706. The lowest BCUT2D eigenvalue weighted by Gasteiger charge is -2.11. The minimum absolute atomic E-state index is 0.104. The number of esters is 1. The monoisotopic (exact) mass is 367 g/mol. The molecular formula is C14H14BrN3O4. The molecule has 1 aliphatic rings. The zero-order valence-corrected chi connectivity index (χ0v) is 13.4. The molecule has 1 aliphatic heterocycles. The number of hydrazone groups is 1. The summed E-state index contributed by atoms with van der Waals surface area (Å²) in [6, 6.07) is 5.35. The van der Waals surface area contributed by atoms with Gasteiger partial charge in [-0.25, -0.2) is 10.2 Å². The third-order valence-electron chi connectivity index (χ3n) is 2.92. The summed E-state index contributed by atoms with van der Waals surface area (Å²) < 4.78 is 5.80. The summed E-state index contributed by atoms with van der Waals surface area (Å²) in [7, 11) is 0. The number of amides is 2. The lowest BCUT2D eigenvalue weighted by Crippen LogP contribution is -2.32. The van der Waals surface area contributed by atoms with E-state index in [0.717, 1.165) is 10.0 Å². The first kappa shape index (κ1) is 16.2. The molecule has 0 radical (unpaired) electrons. The first-order valence-electron chi connectivity index (χ1n) is 6.54. The third kappa shape index (κ3) is 4.39. The zero-order chi connectivity index (χ0) is 16.1. The molecule has 0 spiro atoms. The highest BCUT2D eigenvalue weighted by atomic mass is 79.9. The van der Waals surface area contributed by atoms with Crippen molar-refractivity contribution in [2.45, 2.75) is 19.8 Å². The fourth-order valence-corrected chi connectivity index (χ4v) is 2.00. The molecule has 1 aromatic rings. The van der Waals surface area contributed by atoms with Gasteiger partial charge in [0.15, 0.2) is 6.61 Å². The Balaban J connectivity index is 1.83. The van der Waals surface area contributed by atoms with Crippen molar-refractivity contribution in [3.8, 4) is 0 Å². The molecule has 2 amide bonds. The summed E-state index contributed by atoms with van der Waals surface area (Å²) in [6.07, 6.45) is 0.385. The van der Waals surface area contributed by atoms with Gasteiger partial charge in [-0.1, -0.05) is 15.9 Å². The molecule has 1 aromatic carbocycles. The molecule has 22 heavy (non-hydrogen) atoms. The van der Waals surface area contributed by atoms with E-state index in [1.165, 1.54) is 0 Å². The van der Waals surface area contributed by atoms with Crippen LogP contribution in [0.2, 0.25) is 0 Å². The Labute approximate surface area is 135 Å². The maximum absolute atomic E-state index is 11.7. The van der Waals surface area contributed by atoms with Crippen LogP contribution in [0.3, 0.4) is 0 Å². The van der Waals surface area contributed by atoms with Crippen LogP contribution in [-0.4, -0.2) is 30.1 Å². The first-order valence-corrected chi connectivity index (χ1v) is 7.33. The number of hydrogen-bond donors (Lipinski definition) is 2. The smallest absolute Gasteiger partial charge is 0.355 e. The van der Waals surface area contributed by atoms with E-state index in [-0.39, 0.29) is 24.5 Å². The predicted octanol–water partition coefficient (Wildman–Crippen LogP) is 1.51. The van der Waals surface area contributed by atoms with Crippen molar-refractivity contribution in [3.05, 3.63) is 28.2 Å². The number of ether oxygens (including phenoxy) is 1. The van der Waals surface area contributed by atoms with Crippen LogP contribution in [-0.2, 0) is 19.1 Å². The molecular weight excluding hydrogens is 354 g/mol. The largest absolute Gasteiger partial charge is 0.451 e. The molecule has 0 saturated carbocycles. The molecule has 0 saturated heterocycles. The van der Waals surface area contributed by atoms with Crippen LogP contribution in [0.15, 0.2) is 27.8 Å². The summed E-state index contributed by atoms with van der Waals surface area (Å²) in [5.41, 5.74) is 3.89.